The van der Waals surface area contributed by atoms with Crippen molar-refractivity contribution in [1.82, 2.24) is 10.3 Å². The zero-order chi connectivity index (χ0) is 12.8. The Kier molecular flexibility index (Phi) is 5.64. The molecule has 1 aromatic rings. The lowest BCUT2D eigenvalue weighted by atomic mass is 9.89. The first-order valence-electron chi connectivity index (χ1n) is 7.16. The summed E-state index contributed by atoms with van der Waals surface area (Å²) in [6.45, 7) is 3.19. The van der Waals surface area contributed by atoms with Crippen LogP contribution in [0.3, 0.4) is 0 Å². The van der Waals surface area contributed by atoms with E-state index in [4.69, 9.17) is 0 Å². The number of halogens is 1. The van der Waals surface area contributed by atoms with Crippen LogP contribution in [0, 0.1) is 5.92 Å². The van der Waals surface area contributed by atoms with Crippen LogP contribution >= 0.6 is 15.9 Å². The lowest BCUT2D eigenvalue weighted by molar-refractivity contribution is 0.323. The first-order valence-corrected chi connectivity index (χ1v) is 7.96. The van der Waals surface area contributed by atoms with E-state index in [1.54, 1.807) is 0 Å². The number of nitrogens with one attached hydrogen (secondary N) is 1. The van der Waals surface area contributed by atoms with Crippen molar-refractivity contribution in [3.8, 4) is 0 Å². The first-order chi connectivity index (χ1) is 8.83. The van der Waals surface area contributed by atoms with Gasteiger partial charge in [-0.3, -0.25) is 4.98 Å². The number of pyridine rings is 1. The summed E-state index contributed by atoms with van der Waals surface area (Å²) in [7, 11) is 0. The fraction of sp³-hybridized carbons (Fsp3) is 0.667. The standard InChI is InChI=1S/C15H23BrN2/c1-2-17-14(12-8-5-3-4-6-9-12)15-13(16)10-7-11-18-15/h7,10-12,14,17H,2-6,8-9H2,1H3. The van der Waals surface area contributed by atoms with Crippen LogP contribution < -0.4 is 5.32 Å². The van der Waals surface area contributed by atoms with Crippen molar-refractivity contribution in [1.29, 1.82) is 0 Å². The van der Waals surface area contributed by atoms with Gasteiger partial charge in [0, 0.05) is 10.7 Å². The number of rotatable bonds is 4. The van der Waals surface area contributed by atoms with Gasteiger partial charge < -0.3 is 5.32 Å². The highest BCUT2D eigenvalue weighted by molar-refractivity contribution is 9.10. The lowest BCUT2D eigenvalue weighted by Gasteiger charge is -2.27. The maximum atomic E-state index is 4.59. The molecular weight excluding hydrogens is 288 g/mol. The molecule has 1 aromatic heterocycles. The minimum Gasteiger partial charge on any atom is -0.309 e. The maximum absolute atomic E-state index is 4.59. The Balaban J connectivity index is 2.18. The molecule has 0 spiro atoms. The predicted molar refractivity (Wildman–Crippen MR) is 79.5 cm³/mol. The van der Waals surface area contributed by atoms with Crippen LogP contribution in [-0.4, -0.2) is 11.5 Å². The maximum Gasteiger partial charge on any atom is 0.0717 e. The summed E-state index contributed by atoms with van der Waals surface area (Å²) in [5.74, 6) is 0.735. The summed E-state index contributed by atoms with van der Waals surface area (Å²) in [5.41, 5.74) is 1.19. The van der Waals surface area contributed by atoms with Crippen LogP contribution in [0.4, 0.5) is 0 Å². The van der Waals surface area contributed by atoms with E-state index >= 15 is 0 Å². The summed E-state index contributed by atoms with van der Waals surface area (Å²) < 4.78 is 1.14. The number of nitrogens with zero attached hydrogens (tertiary/aromatic N) is 1. The zero-order valence-corrected chi connectivity index (χ0v) is 12.7. The normalized spacial score (nSPS) is 19.4. The molecule has 2 rings (SSSR count). The molecule has 2 nitrogen and oxygen atoms in total. The van der Waals surface area contributed by atoms with Gasteiger partial charge in [-0.05, 0) is 53.4 Å². The smallest absolute Gasteiger partial charge is 0.0717 e. The monoisotopic (exact) mass is 310 g/mol. The molecule has 18 heavy (non-hydrogen) atoms. The molecule has 1 heterocycles. The van der Waals surface area contributed by atoms with Crippen molar-refractivity contribution >= 4 is 15.9 Å². The molecule has 1 atom stereocenters. The molecule has 0 aliphatic heterocycles. The van der Waals surface area contributed by atoms with Crippen LogP contribution in [0.2, 0.25) is 0 Å². The van der Waals surface area contributed by atoms with Crippen LogP contribution in [0.5, 0.6) is 0 Å². The van der Waals surface area contributed by atoms with E-state index in [1.165, 1.54) is 44.2 Å². The first kappa shape index (κ1) is 14.0. The minimum atomic E-state index is 0.406. The van der Waals surface area contributed by atoms with Crippen molar-refractivity contribution in [3.05, 3.63) is 28.5 Å². The largest absolute Gasteiger partial charge is 0.309 e. The van der Waals surface area contributed by atoms with E-state index in [9.17, 15) is 0 Å². The van der Waals surface area contributed by atoms with Crippen LogP contribution in [0.1, 0.15) is 57.2 Å². The molecule has 0 aromatic carbocycles. The lowest BCUT2D eigenvalue weighted by Crippen LogP contribution is -2.29. The molecule has 1 fully saturated rings. The Morgan fingerprint density at radius 3 is 2.67 bits per heavy atom. The molecule has 1 saturated carbocycles. The second kappa shape index (κ2) is 7.25. The second-order valence-electron chi connectivity index (χ2n) is 5.16. The minimum absolute atomic E-state index is 0.406. The van der Waals surface area contributed by atoms with E-state index in [2.05, 4.69) is 39.2 Å². The fourth-order valence-electron chi connectivity index (χ4n) is 2.98. The zero-order valence-electron chi connectivity index (χ0n) is 11.2. The molecule has 1 aliphatic carbocycles. The van der Waals surface area contributed by atoms with E-state index in [0.717, 1.165) is 16.9 Å². The molecule has 0 saturated heterocycles. The summed E-state index contributed by atoms with van der Waals surface area (Å²) in [5, 5.41) is 3.64. The molecule has 100 valence electrons. The molecule has 0 amide bonds. The Morgan fingerprint density at radius 2 is 2.06 bits per heavy atom. The highest BCUT2D eigenvalue weighted by atomic mass is 79.9. The van der Waals surface area contributed by atoms with E-state index < -0.39 is 0 Å². The fourth-order valence-corrected chi connectivity index (χ4v) is 3.48. The molecule has 1 N–H and O–H groups in total. The summed E-state index contributed by atoms with van der Waals surface area (Å²) >= 11 is 3.65. The summed E-state index contributed by atoms with van der Waals surface area (Å²) in [4.78, 5) is 4.59. The average Bonchev–Trinajstić information content (AvgIpc) is 2.66. The van der Waals surface area contributed by atoms with Gasteiger partial charge in [0.15, 0.2) is 0 Å². The third-order valence-corrected chi connectivity index (χ3v) is 4.55. The van der Waals surface area contributed by atoms with E-state index in [0.29, 0.717) is 6.04 Å². The SMILES string of the molecule is CCNC(c1ncccc1Br)C1CCCCCC1. The van der Waals surface area contributed by atoms with Gasteiger partial charge in [-0.15, -0.1) is 0 Å². The van der Waals surface area contributed by atoms with E-state index in [-0.39, 0.29) is 0 Å². The number of hydrogen-bond acceptors (Lipinski definition) is 2. The van der Waals surface area contributed by atoms with Gasteiger partial charge in [0.05, 0.1) is 11.7 Å². The van der Waals surface area contributed by atoms with Gasteiger partial charge in [-0.25, -0.2) is 0 Å². The quantitative estimate of drug-likeness (QED) is 0.830. The average molecular weight is 311 g/mol. The highest BCUT2D eigenvalue weighted by Gasteiger charge is 2.25. The molecular formula is C15H23BrN2. The Bertz CT molecular complexity index is 359. The molecule has 0 bridgehead atoms. The van der Waals surface area contributed by atoms with Crippen molar-refractivity contribution in [2.24, 2.45) is 5.92 Å². The van der Waals surface area contributed by atoms with Crippen LogP contribution in [0.25, 0.3) is 0 Å². The number of hydrogen-bond donors (Lipinski definition) is 1. The van der Waals surface area contributed by atoms with Gasteiger partial charge in [0.25, 0.3) is 0 Å². The Hall–Kier alpha value is -0.410. The van der Waals surface area contributed by atoms with Gasteiger partial charge in [0.2, 0.25) is 0 Å². The van der Waals surface area contributed by atoms with Crippen LogP contribution in [-0.2, 0) is 0 Å². The second-order valence-corrected chi connectivity index (χ2v) is 6.01. The number of aromatic nitrogens is 1. The van der Waals surface area contributed by atoms with Gasteiger partial charge in [-0.1, -0.05) is 32.6 Å². The molecule has 1 aliphatic rings. The topological polar surface area (TPSA) is 24.9 Å². The van der Waals surface area contributed by atoms with Crippen molar-refractivity contribution in [2.45, 2.75) is 51.5 Å². The van der Waals surface area contributed by atoms with E-state index in [1.807, 2.05) is 12.3 Å². The van der Waals surface area contributed by atoms with Crippen LogP contribution in [0.15, 0.2) is 22.8 Å². The van der Waals surface area contributed by atoms with Gasteiger partial charge >= 0.3 is 0 Å². The third kappa shape index (κ3) is 3.55. The molecule has 0 radical (unpaired) electrons. The van der Waals surface area contributed by atoms with Gasteiger partial charge in [0.1, 0.15) is 0 Å². The predicted octanol–water partition coefficient (Wildman–Crippen LogP) is 4.47. The molecule has 1 unspecified atom stereocenters. The summed E-state index contributed by atoms with van der Waals surface area (Å²) in [6, 6.07) is 4.50. The summed E-state index contributed by atoms with van der Waals surface area (Å²) in [6.07, 6.45) is 10.1. The molecule has 3 heteroatoms. The third-order valence-electron chi connectivity index (χ3n) is 3.88. The van der Waals surface area contributed by atoms with Crippen molar-refractivity contribution < 1.29 is 0 Å². The Morgan fingerprint density at radius 1 is 1.33 bits per heavy atom. The van der Waals surface area contributed by atoms with Crippen molar-refractivity contribution in [2.75, 3.05) is 6.54 Å². The van der Waals surface area contributed by atoms with Gasteiger partial charge in [-0.2, -0.15) is 0 Å². The highest BCUT2D eigenvalue weighted by Crippen LogP contribution is 2.35. The Labute approximate surface area is 119 Å². The van der Waals surface area contributed by atoms with Crippen molar-refractivity contribution in [3.63, 3.8) is 0 Å².